The average Bonchev–Trinajstić information content (AvgIpc) is 3.09. The van der Waals surface area contributed by atoms with Crippen LogP contribution in [0.25, 0.3) is 0 Å². The number of nitrogens with zero attached hydrogens (tertiary/aromatic N) is 2. The van der Waals surface area contributed by atoms with Crippen molar-refractivity contribution in [2.75, 3.05) is 20.1 Å². The summed E-state index contributed by atoms with van der Waals surface area (Å²) in [4.78, 5) is 18.8. The van der Waals surface area contributed by atoms with Crippen LogP contribution in [-0.2, 0) is 6.61 Å². The quantitative estimate of drug-likeness (QED) is 0.886. The summed E-state index contributed by atoms with van der Waals surface area (Å²) in [5.41, 5.74) is 1.68. The van der Waals surface area contributed by atoms with Gasteiger partial charge in [0.15, 0.2) is 0 Å². The van der Waals surface area contributed by atoms with E-state index in [0.717, 1.165) is 31.5 Å². The topological polar surface area (TPSA) is 54.5 Å². The maximum Gasteiger partial charge on any atom is 0.254 e. The molecule has 3 rings (SSSR count). The van der Waals surface area contributed by atoms with Crippen LogP contribution >= 0.6 is 0 Å². The van der Waals surface area contributed by atoms with Crippen LogP contribution in [-0.4, -0.2) is 42.0 Å². The summed E-state index contributed by atoms with van der Waals surface area (Å²) in [6.45, 7) is 2.10. The third-order valence-electron chi connectivity index (χ3n) is 4.29. The van der Waals surface area contributed by atoms with Crippen molar-refractivity contribution in [3.8, 4) is 5.75 Å². The first kappa shape index (κ1) is 16.5. The third-order valence-corrected chi connectivity index (χ3v) is 4.29. The predicted molar refractivity (Wildman–Crippen MR) is 93.0 cm³/mol. The fourth-order valence-electron chi connectivity index (χ4n) is 3.09. The second-order valence-electron chi connectivity index (χ2n) is 6.03. The molecule has 0 saturated carbocycles. The van der Waals surface area contributed by atoms with E-state index in [0.29, 0.717) is 17.9 Å². The summed E-state index contributed by atoms with van der Waals surface area (Å²) >= 11 is 0. The molecule has 1 amide bonds. The molecule has 2 heterocycles. The van der Waals surface area contributed by atoms with Crippen molar-refractivity contribution in [1.29, 1.82) is 0 Å². The molecule has 1 aromatic heterocycles. The van der Waals surface area contributed by atoms with Gasteiger partial charge in [-0.05, 0) is 44.2 Å². The fourth-order valence-corrected chi connectivity index (χ4v) is 3.09. The summed E-state index contributed by atoms with van der Waals surface area (Å²) < 4.78 is 5.80. The minimum Gasteiger partial charge on any atom is -0.489 e. The van der Waals surface area contributed by atoms with E-state index in [1.165, 1.54) is 0 Å². The van der Waals surface area contributed by atoms with Gasteiger partial charge in [-0.1, -0.05) is 12.1 Å². The molecule has 1 atom stereocenters. The Morgan fingerprint density at radius 1 is 1.38 bits per heavy atom. The highest BCUT2D eigenvalue weighted by Crippen LogP contribution is 2.22. The van der Waals surface area contributed by atoms with Gasteiger partial charge in [0.1, 0.15) is 12.4 Å². The molecule has 1 unspecified atom stereocenters. The maximum atomic E-state index is 12.8. The van der Waals surface area contributed by atoms with Crippen molar-refractivity contribution >= 4 is 5.91 Å². The van der Waals surface area contributed by atoms with E-state index in [1.807, 2.05) is 48.3 Å². The van der Waals surface area contributed by atoms with Gasteiger partial charge in [-0.15, -0.1) is 0 Å². The number of pyridine rings is 1. The minimum absolute atomic E-state index is 0.0829. The van der Waals surface area contributed by atoms with Gasteiger partial charge in [0, 0.05) is 42.7 Å². The highest BCUT2D eigenvalue weighted by Gasteiger charge is 2.28. The number of hydrogen-bond acceptors (Lipinski definition) is 4. The molecular formula is C19H23N3O2. The van der Waals surface area contributed by atoms with E-state index in [4.69, 9.17) is 4.74 Å². The van der Waals surface area contributed by atoms with Crippen LogP contribution in [0.5, 0.6) is 5.75 Å². The molecule has 2 aromatic rings. The number of amides is 1. The second-order valence-corrected chi connectivity index (χ2v) is 6.03. The zero-order chi connectivity index (χ0) is 16.8. The highest BCUT2D eigenvalue weighted by molar-refractivity contribution is 5.95. The average molecular weight is 325 g/mol. The van der Waals surface area contributed by atoms with Crippen molar-refractivity contribution in [3.05, 3.63) is 59.9 Å². The number of rotatable bonds is 6. The van der Waals surface area contributed by atoms with Crippen LogP contribution in [0, 0.1) is 0 Å². The third kappa shape index (κ3) is 3.92. The molecule has 0 bridgehead atoms. The number of ether oxygens (including phenoxy) is 1. The van der Waals surface area contributed by atoms with Crippen LogP contribution < -0.4 is 10.1 Å². The molecule has 5 heteroatoms. The molecule has 1 aromatic carbocycles. The number of likely N-dealkylation sites (N-methyl/N-ethyl adjacent to an activating group) is 1. The smallest absolute Gasteiger partial charge is 0.254 e. The Bertz CT molecular complexity index is 675. The van der Waals surface area contributed by atoms with E-state index in [-0.39, 0.29) is 11.9 Å². The molecule has 0 aliphatic carbocycles. The van der Waals surface area contributed by atoms with Gasteiger partial charge < -0.3 is 15.0 Å². The molecule has 1 aliphatic rings. The second kappa shape index (κ2) is 7.93. The Labute approximate surface area is 142 Å². The van der Waals surface area contributed by atoms with Crippen LogP contribution in [0.2, 0.25) is 0 Å². The lowest BCUT2D eigenvalue weighted by Gasteiger charge is -2.24. The van der Waals surface area contributed by atoms with Crippen LogP contribution in [0.15, 0.2) is 48.8 Å². The van der Waals surface area contributed by atoms with Gasteiger partial charge in [-0.25, -0.2) is 0 Å². The Balaban J connectivity index is 1.67. The Morgan fingerprint density at radius 2 is 2.29 bits per heavy atom. The maximum absolute atomic E-state index is 12.8. The van der Waals surface area contributed by atoms with E-state index >= 15 is 0 Å². The van der Waals surface area contributed by atoms with Crippen LogP contribution in [0.1, 0.15) is 28.8 Å². The number of carbonyl (C=O) groups excluding carboxylic acids is 1. The number of benzene rings is 1. The van der Waals surface area contributed by atoms with Gasteiger partial charge in [-0.2, -0.15) is 0 Å². The molecule has 5 nitrogen and oxygen atoms in total. The lowest BCUT2D eigenvalue weighted by Crippen LogP contribution is -2.40. The molecule has 0 spiro atoms. The molecule has 1 N–H and O–H groups in total. The number of hydrogen-bond donors (Lipinski definition) is 1. The molecule has 24 heavy (non-hydrogen) atoms. The van der Waals surface area contributed by atoms with Crippen molar-refractivity contribution in [3.63, 3.8) is 0 Å². The number of nitrogens with one attached hydrogen (secondary N) is 1. The van der Waals surface area contributed by atoms with Crippen molar-refractivity contribution in [2.24, 2.45) is 0 Å². The molecule has 1 aliphatic heterocycles. The highest BCUT2D eigenvalue weighted by atomic mass is 16.5. The fraction of sp³-hybridized carbons (Fsp3) is 0.368. The molecule has 126 valence electrons. The summed E-state index contributed by atoms with van der Waals surface area (Å²) in [7, 11) is 1.92. The van der Waals surface area contributed by atoms with E-state index in [2.05, 4.69) is 10.3 Å². The monoisotopic (exact) mass is 325 g/mol. The minimum atomic E-state index is 0.0829. The normalized spacial score (nSPS) is 17.0. The lowest BCUT2D eigenvalue weighted by atomic mass is 10.1. The number of likely N-dealkylation sites (tertiary alicyclic amines) is 1. The summed E-state index contributed by atoms with van der Waals surface area (Å²) in [5.74, 6) is 0.786. The van der Waals surface area contributed by atoms with Gasteiger partial charge in [-0.3, -0.25) is 9.78 Å². The standard InChI is InChI=1S/C19H23N3O2/c1-20-13-17-7-4-10-22(17)19(23)16-6-2-8-18(11-16)24-14-15-5-3-9-21-12-15/h2-3,5-6,8-9,11-12,17,20H,4,7,10,13-14H2,1H3. The Hall–Kier alpha value is -2.40. The summed E-state index contributed by atoms with van der Waals surface area (Å²) in [6, 6.07) is 11.6. The first-order valence-electron chi connectivity index (χ1n) is 8.35. The largest absolute Gasteiger partial charge is 0.489 e. The zero-order valence-electron chi connectivity index (χ0n) is 13.9. The Kier molecular flexibility index (Phi) is 5.43. The molecular weight excluding hydrogens is 302 g/mol. The van der Waals surface area contributed by atoms with Gasteiger partial charge >= 0.3 is 0 Å². The first-order chi connectivity index (χ1) is 11.8. The summed E-state index contributed by atoms with van der Waals surface area (Å²) in [5, 5.41) is 3.17. The van der Waals surface area contributed by atoms with Crippen molar-refractivity contribution in [1.82, 2.24) is 15.2 Å². The van der Waals surface area contributed by atoms with Crippen molar-refractivity contribution in [2.45, 2.75) is 25.5 Å². The summed E-state index contributed by atoms with van der Waals surface area (Å²) in [6.07, 6.45) is 5.64. The van der Waals surface area contributed by atoms with Gasteiger partial charge in [0.25, 0.3) is 5.91 Å². The number of aromatic nitrogens is 1. The van der Waals surface area contributed by atoms with Crippen LogP contribution in [0.3, 0.4) is 0 Å². The van der Waals surface area contributed by atoms with Gasteiger partial charge in [0.2, 0.25) is 0 Å². The molecule has 0 radical (unpaired) electrons. The van der Waals surface area contributed by atoms with Crippen molar-refractivity contribution < 1.29 is 9.53 Å². The van der Waals surface area contributed by atoms with E-state index in [1.54, 1.807) is 12.4 Å². The van der Waals surface area contributed by atoms with E-state index < -0.39 is 0 Å². The Morgan fingerprint density at radius 3 is 3.08 bits per heavy atom. The van der Waals surface area contributed by atoms with Crippen LogP contribution in [0.4, 0.5) is 0 Å². The van der Waals surface area contributed by atoms with Gasteiger partial charge in [0.05, 0.1) is 0 Å². The number of carbonyl (C=O) groups is 1. The molecule has 1 fully saturated rings. The van der Waals surface area contributed by atoms with E-state index in [9.17, 15) is 4.79 Å². The SMILES string of the molecule is CNCC1CCCN1C(=O)c1cccc(OCc2cccnc2)c1. The lowest BCUT2D eigenvalue weighted by molar-refractivity contribution is 0.0736. The zero-order valence-corrected chi connectivity index (χ0v) is 13.9. The predicted octanol–water partition coefficient (Wildman–Crippen LogP) is 2.48. The molecule has 1 saturated heterocycles. The first-order valence-corrected chi connectivity index (χ1v) is 8.35.